The van der Waals surface area contributed by atoms with Gasteiger partial charge in [-0.05, 0) is 83.5 Å². The van der Waals surface area contributed by atoms with Gasteiger partial charge in [-0.3, -0.25) is 9.59 Å². The van der Waals surface area contributed by atoms with E-state index in [9.17, 15) is 19.5 Å². The van der Waals surface area contributed by atoms with Crippen LogP contribution in [-0.2, 0) is 28.6 Å². The van der Waals surface area contributed by atoms with E-state index in [2.05, 4.69) is 105 Å². The summed E-state index contributed by atoms with van der Waals surface area (Å²) < 4.78 is 17.3. The van der Waals surface area contributed by atoms with Crippen LogP contribution in [-0.4, -0.2) is 80.6 Å². The molecule has 0 radical (unpaired) electrons. The second-order valence-corrected chi connectivity index (χ2v) is 17.5. The molecule has 0 saturated heterocycles. The van der Waals surface area contributed by atoms with Crippen LogP contribution in [0, 0.1) is 0 Å². The molecule has 0 rings (SSSR count). The number of carbonyl (C=O) groups is 3. The summed E-state index contributed by atoms with van der Waals surface area (Å²) in [7, 11) is 5.51. The Balaban J connectivity index is 4.39. The molecule has 8 nitrogen and oxygen atoms in total. The third kappa shape index (κ3) is 43.3. The maximum absolute atomic E-state index is 12.8. The summed E-state index contributed by atoms with van der Waals surface area (Å²) >= 11 is 0. The quantitative estimate of drug-likeness (QED) is 0.0214. The van der Waals surface area contributed by atoms with Crippen LogP contribution in [0.2, 0.25) is 0 Å². The van der Waals surface area contributed by atoms with Crippen LogP contribution in [0.25, 0.3) is 0 Å². The number of quaternary nitrogens is 1. The number of likely N-dealkylation sites (N-methyl/N-ethyl adjacent to an activating group) is 1. The normalized spacial score (nSPS) is 13.7. The molecule has 0 aromatic heterocycles. The number of ether oxygens (including phenoxy) is 3. The van der Waals surface area contributed by atoms with Gasteiger partial charge in [0.1, 0.15) is 6.61 Å². The summed E-state index contributed by atoms with van der Waals surface area (Å²) in [5.74, 6) is -1.53. The molecular weight excluding hydrogens is 787 g/mol. The maximum Gasteiger partial charge on any atom is 0.362 e. The molecule has 0 aromatic rings. The van der Waals surface area contributed by atoms with Crippen LogP contribution in [0.4, 0.5) is 0 Å². The van der Waals surface area contributed by atoms with Crippen LogP contribution in [0.15, 0.2) is 97.2 Å². The molecule has 0 aromatic carbocycles. The number of unbranched alkanes of at least 4 members (excludes halogenated alkanes) is 16. The fourth-order valence-electron chi connectivity index (χ4n) is 6.67. The topological polar surface area (TPSA) is 99.1 Å². The molecule has 1 N–H and O–H groups in total. The minimum Gasteiger partial charge on any atom is -0.477 e. The third-order valence-corrected chi connectivity index (χ3v) is 10.6. The van der Waals surface area contributed by atoms with E-state index in [1.165, 1.54) is 44.9 Å². The molecule has 0 heterocycles. The lowest BCUT2D eigenvalue weighted by Gasteiger charge is -2.31. The number of nitrogens with zero attached hydrogens (tertiary/aromatic N) is 1. The van der Waals surface area contributed by atoms with E-state index in [4.69, 9.17) is 14.2 Å². The highest BCUT2D eigenvalue weighted by molar-refractivity contribution is 5.72. The van der Waals surface area contributed by atoms with Crippen LogP contribution >= 0.6 is 0 Å². The number of carboxylic acids is 1. The van der Waals surface area contributed by atoms with E-state index in [0.717, 1.165) is 103 Å². The molecule has 8 heteroatoms. The number of rotatable bonds is 43. The van der Waals surface area contributed by atoms with Gasteiger partial charge in [-0.15, -0.1) is 0 Å². The van der Waals surface area contributed by atoms with Crippen LogP contribution in [0.3, 0.4) is 0 Å². The predicted octanol–water partition coefficient (Wildman–Crippen LogP) is 14.2. The van der Waals surface area contributed by atoms with Crippen LogP contribution in [0.5, 0.6) is 0 Å². The van der Waals surface area contributed by atoms with Gasteiger partial charge in [-0.25, -0.2) is 4.79 Å². The largest absolute Gasteiger partial charge is 0.477 e. The Morgan fingerprint density at radius 1 is 0.492 bits per heavy atom. The van der Waals surface area contributed by atoms with Crippen LogP contribution in [0.1, 0.15) is 181 Å². The lowest BCUT2D eigenvalue weighted by atomic mass is 10.1. The van der Waals surface area contributed by atoms with Crippen molar-refractivity contribution in [3.8, 4) is 0 Å². The Morgan fingerprint density at radius 2 is 0.905 bits per heavy atom. The highest BCUT2D eigenvalue weighted by Crippen LogP contribution is 2.13. The Bertz CT molecular complexity index is 1350. The third-order valence-electron chi connectivity index (χ3n) is 10.6. The van der Waals surface area contributed by atoms with E-state index in [1.807, 2.05) is 27.2 Å². The molecular formula is C55H92NO7+. The SMILES string of the molecule is CCCCC/C=C/C=C/C=C/C=C/CCCCCCCC(=O)OC(COCCC(C(=O)O)[N+](C)(C)C)COC(=O)CCCCCCC/C=C/C/C=C/C/C=C/C/C=C/CCCCC. The summed E-state index contributed by atoms with van der Waals surface area (Å²) in [4.78, 5) is 37.1. The number of carboxylic acid groups (broad SMARTS) is 1. The molecule has 2 atom stereocenters. The van der Waals surface area contributed by atoms with E-state index < -0.39 is 18.1 Å². The molecule has 0 saturated carbocycles. The lowest BCUT2D eigenvalue weighted by molar-refractivity contribution is -0.887. The van der Waals surface area contributed by atoms with Crippen molar-refractivity contribution >= 4 is 17.9 Å². The average Bonchev–Trinajstić information content (AvgIpc) is 3.24. The van der Waals surface area contributed by atoms with E-state index in [1.54, 1.807) is 0 Å². The van der Waals surface area contributed by atoms with E-state index >= 15 is 0 Å². The molecule has 0 aliphatic carbocycles. The maximum atomic E-state index is 12.8. The summed E-state index contributed by atoms with van der Waals surface area (Å²) in [6, 6.07) is -0.629. The number of aliphatic carboxylic acids is 1. The summed E-state index contributed by atoms with van der Waals surface area (Å²) in [6.07, 6.45) is 60.1. The standard InChI is InChI=1S/C55H91NO7/c1-6-8-10-12-14-16-18-20-22-24-26-27-28-30-31-33-35-37-39-41-43-45-53(57)62-50-51(49-61-48-47-52(55(59)60)56(3,4)5)63-54(58)46-44-42-40-38-36-34-32-29-25-23-21-19-17-15-13-11-9-7-2/h14-17,19-23,25-27,29-32,51-52H,6-13,18,24,28,33-50H2,1-5H3/p+1/b16-14+,17-15+,21-19+,22-20+,25-23+,27-26+,31-30+,32-29+. The molecule has 63 heavy (non-hydrogen) atoms. The second-order valence-electron chi connectivity index (χ2n) is 17.5. The Kier molecular flexibility index (Phi) is 42.2. The molecule has 358 valence electrons. The van der Waals surface area contributed by atoms with E-state index in [0.29, 0.717) is 19.3 Å². The molecule has 2 unspecified atom stereocenters. The number of hydrogen-bond acceptors (Lipinski definition) is 6. The van der Waals surface area contributed by atoms with Crippen molar-refractivity contribution < 1.29 is 38.2 Å². The number of esters is 2. The van der Waals surface area contributed by atoms with Crippen molar-refractivity contribution in [1.82, 2.24) is 0 Å². The fraction of sp³-hybridized carbons (Fsp3) is 0.655. The molecule has 0 spiro atoms. The molecule has 0 aliphatic heterocycles. The van der Waals surface area contributed by atoms with Crippen molar-refractivity contribution in [3.63, 3.8) is 0 Å². The Morgan fingerprint density at radius 3 is 1.38 bits per heavy atom. The Labute approximate surface area is 386 Å². The minimum absolute atomic E-state index is 0.0388. The monoisotopic (exact) mass is 879 g/mol. The highest BCUT2D eigenvalue weighted by Gasteiger charge is 2.31. The van der Waals surface area contributed by atoms with Gasteiger partial charge in [-0.2, -0.15) is 0 Å². The average molecular weight is 879 g/mol. The first-order valence-corrected chi connectivity index (χ1v) is 24.8. The first-order chi connectivity index (χ1) is 30.6. The van der Waals surface area contributed by atoms with Gasteiger partial charge in [0.15, 0.2) is 12.1 Å². The van der Waals surface area contributed by atoms with Crippen molar-refractivity contribution in [2.75, 3.05) is 41.0 Å². The van der Waals surface area contributed by atoms with Crippen molar-refractivity contribution in [3.05, 3.63) is 97.2 Å². The van der Waals surface area contributed by atoms with Gasteiger partial charge in [0.05, 0.1) is 34.4 Å². The fourth-order valence-corrected chi connectivity index (χ4v) is 6.67. The summed E-state index contributed by atoms with van der Waals surface area (Å²) in [6.45, 7) is 4.61. The van der Waals surface area contributed by atoms with Crippen LogP contribution < -0.4 is 0 Å². The first kappa shape index (κ1) is 59.2. The zero-order chi connectivity index (χ0) is 46.3. The predicted molar refractivity (Wildman–Crippen MR) is 266 cm³/mol. The number of allylic oxidation sites excluding steroid dienone is 16. The zero-order valence-electron chi connectivity index (χ0n) is 40.7. The molecule has 0 aliphatic rings. The van der Waals surface area contributed by atoms with Gasteiger partial charge in [-0.1, -0.05) is 175 Å². The van der Waals surface area contributed by atoms with Gasteiger partial charge in [0, 0.05) is 19.3 Å². The highest BCUT2D eigenvalue weighted by atomic mass is 16.6. The lowest BCUT2D eigenvalue weighted by Crippen LogP contribution is -2.50. The summed E-state index contributed by atoms with van der Waals surface area (Å²) in [5.41, 5.74) is 0. The molecule has 0 amide bonds. The number of carbonyl (C=O) groups excluding carboxylic acids is 2. The van der Waals surface area contributed by atoms with Gasteiger partial charge >= 0.3 is 17.9 Å². The van der Waals surface area contributed by atoms with Crippen molar-refractivity contribution in [1.29, 1.82) is 0 Å². The smallest absolute Gasteiger partial charge is 0.362 e. The van der Waals surface area contributed by atoms with Gasteiger partial charge < -0.3 is 23.8 Å². The van der Waals surface area contributed by atoms with E-state index in [-0.39, 0.29) is 36.2 Å². The summed E-state index contributed by atoms with van der Waals surface area (Å²) in [5, 5.41) is 9.65. The van der Waals surface area contributed by atoms with Crippen molar-refractivity contribution in [2.24, 2.45) is 0 Å². The molecule has 0 fully saturated rings. The molecule has 0 bridgehead atoms. The second kappa shape index (κ2) is 44.8. The number of hydrogen-bond donors (Lipinski definition) is 1. The van der Waals surface area contributed by atoms with Gasteiger partial charge in [0.2, 0.25) is 0 Å². The van der Waals surface area contributed by atoms with Crippen molar-refractivity contribution in [2.45, 2.75) is 193 Å². The zero-order valence-corrected chi connectivity index (χ0v) is 40.7. The minimum atomic E-state index is -0.886. The first-order valence-electron chi connectivity index (χ1n) is 24.8. The Hall–Kier alpha value is -3.75. The van der Waals surface area contributed by atoms with Gasteiger partial charge in [0.25, 0.3) is 0 Å².